The molecule has 1 saturated heterocycles. The van der Waals surface area contributed by atoms with Crippen LogP contribution < -0.4 is 15.0 Å². The minimum absolute atomic E-state index is 0.0223. The summed E-state index contributed by atoms with van der Waals surface area (Å²) < 4.78 is 6.61. The fourth-order valence-electron chi connectivity index (χ4n) is 5.12. The number of imide groups is 1. The predicted molar refractivity (Wildman–Crippen MR) is 153 cm³/mol. The number of nitrogens with zero attached hydrogens (tertiary/aromatic N) is 2. The Morgan fingerprint density at radius 2 is 1.95 bits per heavy atom. The highest BCUT2D eigenvalue weighted by molar-refractivity contribution is 9.10. The third-order valence-corrected chi connectivity index (χ3v) is 8.21. The Hall–Kier alpha value is -2.78. The van der Waals surface area contributed by atoms with Crippen molar-refractivity contribution in [1.82, 2.24) is 4.90 Å². The Morgan fingerprint density at radius 1 is 1.24 bits per heavy atom. The number of nitrogens with one attached hydrogen (secondary N) is 1. The van der Waals surface area contributed by atoms with Gasteiger partial charge in [0.25, 0.3) is 11.1 Å². The van der Waals surface area contributed by atoms with Crippen LogP contribution in [0, 0.1) is 0 Å². The Labute approximate surface area is 230 Å². The molecule has 2 aliphatic heterocycles. The third-order valence-electron chi connectivity index (χ3n) is 6.77. The standard InChI is InChI=1S/C28H32BrN3O4S/c1-6-11-32-22-14-23(36-5)18(12-21(22)17(2)15-28(32,3)4)13-24-26(34)31(27(35)37-24)16-25(33)30-20-9-7-19(29)8-10-20/h7-10,12-14,17H,6,11,15-16H2,1-5H3,(H,30,33)/b24-13+. The summed E-state index contributed by atoms with van der Waals surface area (Å²) in [6, 6.07) is 11.2. The number of amides is 3. The van der Waals surface area contributed by atoms with E-state index in [9.17, 15) is 14.4 Å². The Balaban J connectivity index is 1.59. The second-order valence-electron chi connectivity index (χ2n) is 10.0. The first-order valence-electron chi connectivity index (χ1n) is 12.3. The average Bonchev–Trinajstić information content (AvgIpc) is 3.10. The van der Waals surface area contributed by atoms with E-state index in [-0.39, 0.29) is 17.0 Å². The van der Waals surface area contributed by atoms with E-state index in [1.54, 1.807) is 37.5 Å². The number of halogens is 1. The van der Waals surface area contributed by atoms with Gasteiger partial charge in [-0.3, -0.25) is 19.3 Å². The van der Waals surface area contributed by atoms with Gasteiger partial charge in [0.1, 0.15) is 12.3 Å². The molecule has 0 saturated carbocycles. The highest BCUT2D eigenvalue weighted by Crippen LogP contribution is 2.46. The van der Waals surface area contributed by atoms with Gasteiger partial charge in [-0.25, -0.2) is 0 Å². The summed E-state index contributed by atoms with van der Waals surface area (Å²) in [5, 5.41) is 2.25. The molecule has 2 aromatic rings. The molecule has 0 spiro atoms. The predicted octanol–water partition coefficient (Wildman–Crippen LogP) is 6.63. The molecule has 1 atom stereocenters. The molecule has 1 N–H and O–H groups in total. The monoisotopic (exact) mass is 585 g/mol. The number of benzene rings is 2. The fraction of sp³-hybridized carbons (Fsp3) is 0.393. The van der Waals surface area contributed by atoms with E-state index >= 15 is 0 Å². The number of rotatable bonds is 7. The quantitative estimate of drug-likeness (QED) is 0.367. The van der Waals surface area contributed by atoms with Crippen molar-refractivity contribution in [3.8, 4) is 5.75 Å². The van der Waals surface area contributed by atoms with Gasteiger partial charge in [-0.1, -0.05) is 29.8 Å². The zero-order valence-corrected chi connectivity index (χ0v) is 24.2. The van der Waals surface area contributed by atoms with Gasteiger partial charge in [0, 0.05) is 39.6 Å². The number of carbonyl (C=O) groups is 3. The van der Waals surface area contributed by atoms with E-state index in [4.69, 9.17) is 4.74 Å². The maximum absolute atomic E-state index is 13.1. The van der Waals surface area contributed by atoms with Crippen molar-refractivity contribution in [3.63, 3.8) is 0 Å². The van der Waals surface area contributed by atoms with Crippen molar-refractivity contribution in [3.05, 3.63) is 56.9 Å². The van der Waals surface area contributed by atoms with Crippen molar-refractivity contribution in [2.45, 2.75) is 52.0 Å². The molecule has 7 nitrogen and oxygen atoms in total. The number of ether oxygens (including phenoxy) is 1. The zero-order valence-electron chi connectivity index (χ0n) is 21.8. The van der Waals surface area contributed by atoms with Crippen LogP contribution in [-0.4, -0.2) is 47.7 Å². The second kappa shape index (κ2) is 10.9. The lowest BCUT2D eigenvalue weighted by Gasteiger charge is -2.47. The van der Waals surface area contributed by atoms with Crippen LogP contribution in [0.5, 0.6) is 5.75 Å². The topological polar surface area (TPSA) is 79.0 Å². The maximum Gasteiger partial charge on any atom is 0.294 e. The van der Waals surface area contributed by atoms with E-state index in [1.807, 2.05) is 6.07 Å². The Morgan fingerprint density at radius 3 is 2.59 bits per heavy atom. The summed E-state index contributed by atoms with van der Waals surface area (Å²) in [6.45, 7) is 9.53. The molecule has 4 rings (SSSR count). The highest BCUT2D eigenvalue weighted by Gasteiger charge is 2.38. The average molecular weight is 587 g/mol. The Kier molecular flexibility index (Phi) is 8.04. The molecule has 0 aliphatic carbocycles. The first-order valence-corrected chi connectivity index (χ1v) is 14.0. The van der Waals surface area contributed by atoms with Gasteiger partial charge in [0.15, 0.2) is 0 Å². The van der Waals surface area contributed by atoms with Crippen molar-refractivity contribution < 1.29 is 19.1 Å². The largest absolute Gasteiger partial charge is 0.496 e. The van der Waals surface area contributed by atoms with Crippen LogP contribution in [0.1, 0.15) is 57.6 Å². The van der Waals surface area contributed by atoms with Gasteiger partial charge in [-0.15, -0.1) is 0 Å². The molecule has 2 heterocycles. The molecule has 2 aliphatic rings. The summed E-state index contributed by atoms with van der Waals surface area (Å²) in [4.78, 5) is 42.0. The molecule has 37 heavy (non-hydrogen) atoms. The Bertz CT molecular complexity index is 1260. The van der Waals surface area contributed by atoms with Gasteiger partial charge < -0.3 is 15.0 Å². The van der Waals surface area contributed by atoms with E-state index in [1.165, 1.54) is 5.56 Å². The number of hydrogen-bond donors (Lipinski definition) is 1. The highest BCUT2D eigenvalue weighted by atomic mass is 79.9. The van der Waals surface area contributed by atoms with Crippen LogP contribution >= 0.6 is 27.7 Å². The molecular weight excluding hydrogens is 554 g/mol. The van der Waals surface area contributed by atoms with E-state index < -0.39 is 17.1 Å². The van der Waals surface area contributed by atoms with Gasteiger partial charge >= 0.3 is 0 Å². The molecule has 9 heteroatoms. The SMILES string of the molecule is CCCN1c2cc(OC)c(/C=C3/SC(=O)N(CC(=O)Nc4ccc(Br)cc4)C3=O)cc2C(C)CC1(C)C. The number of methoxy groups -OCH3 is 1. The maximum atomic E-state index is 13.1. The van der Waals surface area contributed by atoms with Gasteiger partial charge in [0.05, 0.1) is 12.0 Å². The summed E-state index contributed by atoms with van der Waals surface area (Å²) in [6.07, 6.45) is 3.74. The first kappa shape index (κ1) is 27.3. The van der Waals surface area contributed by atoms with Crippen LogP contribution in [0.15, 0.2) is 45.8 Å². The summed E-state index contributed by atoms with van der Waals surface area (Å²) in [7, 11) is 1.61. The summed E-state index contributed by atoms with van der Waals surface area (Å²) in [5.41, 5.74) is 3.71. The van der Waals surface area contributed by atoms with Crippen LogP contribution in [0.2, 0.25) is 0 Å². The second-order valence-corrected chi connectivity index (χ2v) is 12.0. The molecule has 2 aromatic carbocycles. The lowest BCUT2D eigenvalue weighted by Crippen LogP contribution is -2.48. The van der Waals surface area contributed by atoms with Crippen LogP contribution in [0.3, 0.4) is 0 Å². The molecular formula is C28H32BrN3O4S. The fourth-order valence-corrected chi connectivity index (χ4v) is 6.21. The number of hydrogen-bond acceptors (Lipinski definition) is 6. The van der Waals surface area contributed by atoms with Crippen molar-refractivity contribution in [2.24, 2.45) is 0 Å². The van der Waals surface area contributed by atoms with E-state index in [2.05, 4.69) is 59.9 Å². The molecule has 0 radical (unpaired) electrons. The van der Waals surface area contributed by atoms with Crippen molar-refractivity contribution in [2.75, 3.05) is 30.4 Å². The smallest absolute Gasteiger partial charge is 0.294 e. The molecule has 0 bridgehead atoms. The van der Waals surface area contributed by atoms with Gasteiger partial charge in [-0.2, -0.15) is 0 Å². The summed E-state index contributed by atoms with van der Waals surface area (Å²) in [5.74, 6) is 0.0466. The zero-order chi connectivity index (χ0) is 26.9. The molecule has 0 aromatic heterocycles. The molecule has 3 amide bonds. The lowest BCUT2D eigenvalue weighted by molar-refractivity contribution is -0.127. The number of fused-ring (bicyclic) bond motifs is 1. The minimum atomic E-state index is -0.484. The molecule has 1 fully saturated rings. The lowest BCUT2D eigenvalue weighted by atomic mass is 9.79. The van der Waals surface area contributed by atoms with Crippen molar-refractivity contribution in [1.29, 1.82) is 0 Å². The van der Waals surface area contributed by atoms with Crippen LogP contribution in [0.25, 0.3) is 6.08 Å². The van der Waals surface area contributed by atoms with Gasteiger partial charge in [0.2, 0.25) is 5.91 Å². The van der Waals surface area contributed by atoms with Gasteiger partial charge in [-0.05, 0) is 86.3 Å². The van der Waals surface area contributed by atoms with Crippen LogP contribution in [-0.2, 0) is 9.59 Å². The van der Waals surface area contributed by atoms with E-state index in [0.29, 0.717) is 17.4 Å². The van der Waals surface area contributed by atoms with Crippen molar-refractivity contribution >= 4 is 62.2 Å². The van der Waals surface area contributed by atoms with E-state index in [0.717, 1.165) is 51.8 Å². The minimum Gasteiger partial charge on any atom is -0.496 e. The normalized spacial score (nSPS) is 19.8. The number of anilines is 2. The summed E-state index contributed by atoms with van der Waals surface area (Å²) >= 11 is 4.19. The third kappa shape index (κ3) is 5.72. The molecule has 1 unspecified atom stereocenters. The first-order chi connectivity index (χ1) is 17.5. The number of carbonyl (C=O) groups excluding carboxylic acids is 3. The number of thioether (sulfide) groups is 1. The molecule has 196 valence electrons. The van der Waals surface area contributed by atoms with Crippen LogP contribution in [0.4, 0.5) is 16.2 Å².